The molecule has 1 aromatic carbocycles. The molecule has 148 valence electrons. The molecule has 1 atom stereocenters. The molecule has 3 amide bonds. The molecule has 8 nitrogen and oxygen atoms in total. The lowest BCUT2D eigenvalue weighted by atomic mass is 10.2. The summed E-state index contributed by atoms with van der Waals surface area (Å²) in [7, 11) is 0. The maximum absolute atomic E-state index is 12.8. The maximum Gasteiger partial charge on any atom is 0.326 e. The molecule has 27 heavy (non-hydrogen) atoms. The Hall–Kier alpha value is -2.97. The van der Waals surface area contributed by atoms with Gasteiger partial charge in [-0.05, 0) is 37.6 Å². The van der Waals surface area contributed by atoms with Crippen molar-refractivity contribution in [1.29, 1.82) is 0 Å². The van der Waals surface area contributed by atoms with E-state index in [2.05, 4.69) is 10.6 Å². The smallest absolute Gasteiger partial charge is 0.326 e. The Morgan fingerprint density at radius 1 is 1.11 bits per heavy atom. The van der Waals surface area contributed by atoms with E-state index in [-0.39, 0.29) is 43.8 Å². The van der Waals surface area contributed by atoms with Gasteiger partial charge in [0.1, 0.15) is 11.9 Å². The van der Waals surface area contributed by atoms with E-state index in [4.69, 9.17) is 5.11 Å². The number of carboxylic acids is 1. The highest BCUT2D eigenvalue weighted by Gasteiger charge is 2.24. The zero-order chi connectivity index (χ0) is 20.4. The number of carbonyl (C=O) groups excluding carboxylic acids is 3. The van der Waals surface area contributed by atoms with Crippen molar-refractivity contribution in [2.24, 2.45) is 0 Å². The topological polar surface area (TPSA) is 116 Å². The average Bonchev–Trinajstić information content (AvgIpc) is 2.61. The highest BCUT2D eigenvalue weighted by atomic mass is 19.1. The molecule has 0 aliphatic heterocycles. The lowest BCUT2D eigenvalue weighted by Gasteiger charge is -2.26. The molecule has 1 rings (SSSR count). The molecular formula is C18H24FN3O5. The highest BCUT2D eigenvalue weighted by molar-refractivity contribution is 5.94. The lowest BCUT2D eigenvalue weighted by molar-refractivity contribution is -0.149. The Morgan fingerprint density at radius 3 is 2.30 bits per heavy atom. The number of amides is 3. The van der Waals surface area contributed by atoms with E-state index in [0.717, 1.165) is 0 Å². The number of carboxylic acid groups (broad SMARTS) is 1. The van der Waals surface area contributed by atoms with Crippen LogP contribution in [-0.4, -0.2) is 59.4 Å². The van der Waals surface area contributed by atoms with Crippen molar-refractivity contribution in [2.45, 2.75) is 32.7 Å². The third kappa shape index (κ3) is 7.85. The van der Waals surface area contributed by atoms with Crippen LogP contribution in [0.1, 0.15) is 37.0 Å². The zero-order valence-corrected chi connectivity index (χ0v) is 15.3. The predicted molar refractivity (Wildman–Crippen MR) is 95.5 cm³/mol. The number of nitrogens with zero attached hydrogens (tertiary/aromatic N) is 1. The van der Waals surface area contributed by atoms with Gasteiger partial charge in [-0.3, -0.25) is 14.4 Å². The summed E-state index contributed by atoms with van der Waals surface area (Å²) in [6, 6.07) is 4.04. The fourth-order valence-corrected chi connectivity index (χ4v) is 2.31. The van der Waals surface area contributed by atoms with E-state index in [0.29, 0.717) is 12.0 Å². The number of carbonyl (C=O) groups is 4. The van der Waals surface area contributed by atoms with Gasteiger partial charge in [0.2, 0.25) is 11.8 Å². The molecule has 9 heteroatoms. The number of benzene rings is 1. The molecule has 0 aliphatic rings. The van der Waals surface area contributed by atoms with E-state index < -0.39 is 17.8 Å². The van der Waals surface area contributed by atoms with E-state index in [1.165, 1.54) is 43.0 Å². The fraction of sp³-hybridized carbons (Fsp3) is 0.444. The van der Waals surface area contributed by atoms with Gasteiger partial charge in [0.15, 0.2) is 0 Å². The molecule has 3 N–H and O–H groups in total. The minimum atomic E-state index is -1.14. The SMILES string of the molecule is CC(=O)NCCN(C(=O)CCCNC(=O)c1ccc(F)cc1)C(C)C(=O)O. The van der Waals surface area contributed by atoms with Crippen LogP contribution in [0.4, 0.5) is 4.39 Å². The number of hydrogen-bond acceptors (Lipinski definition) is 4. The van der Waals surface area contributed by atoms with E-state index >= 15 is 0 Å². The molecule has 0 aromatic heterocycles. The molecular weight excluding hydrogens is 357 g/mol. The van der Waals surface area contributed by atoms with Gasteiger partial charge in [0.05, 0.1) is 0 Å². The van der Waals surface area contributed by atoms with Crippen LogP contribution in [0.3, 0.4) is 0 Å². The Kier molecular flexibility index (Phi) is 8.91. The summed E-state index contributed by atoms with van der Waals surface area (Å²) in [5.74, 6) is -2.62. The minimum absolute atomic E-state index is 0.0430. The van der Waals surface area contributed by atoms with Crippen LogP contribution in [0.2, 0.25) is 0 Å². The normalized spacial score (nSPS) is 11.4. The average molecular weight is 381 g/mol. The van der Waals surface area contributed by atoms with Gasteiger partial charge < -0.3 is 20.6 Å². The largest absolute Gasteiger partial charge is 0.480 e. The van der Waals surface area contributed by atoms with Gasteiger partial charge in [-0.25, -0.2) is 9.18 Å². The fourth-order valence-electron chi connectivity index (χ4n) is 2.31. The predicted octanol–water partition coefficient (Wildman–Crippen LogP) is 0.773. The molecule has 1 aromatic rings. The molecule has 1 unspecified atom stereocenters. The van der Waals surface area contributed by atoms with Gasteiger partial charge in [0, 0.05) is 38.5 Å². The van der Waals surface area contributed by atoms with Gasteiger partial charge in [-0.1, -0.05) is 0 Å². The monoisotopic (exact) mass is 381 g/mol. The van der Waals surface area contributed by atoms with Crippen molar-refractivity contribution in [3.63, 3.8) is 0 Å². The summed E-state index contributed by atoms with van der Waals surface area (Å²) in [6.07, 6.45) is 0.357. The molecule has 0 fully saturated rings. The van der Waals surface area contributed by atoms with Crippen molar-refractivity contribution in [3.05, 3.63) is 35.6 Å². The lowest BCUT2D eigenvalue weighted by Crippen LogP contribution is -2.46. The number of halogens is 1. The Morgan fingerprint density at radius 2 is 1.74 bits per heavy atom. The molecule has 0 saturated carbocycles. The summed E-state index contributed by atoms with van der Waals surface area (Å²) in [5, 5.41) is 14.3. The van der Waals surface area contributed by atoms with Crippen molar-refractivity contribution in [3.8, 4) is 0 Å². The number of aliphatic carboxylic acids is 1. The second kappa shape index (κ2) is 10.9. The molecule has 0 heterocycles. The quantitative estimate of drug-likeness (QED) is 0.518. The van der Waals surface area contributed by atoms with Gasteiger partial charge in [-0.15, -0.1) is 0 Å². The molecule has 0 aliphatic carbocycles. The van der Waals surface area contributed by atoms with Gasteiger partial charge in [0.25, 0.3) is 5.91 Å². The summed E-state index contributed by atoms with van der Waals surface area (Å²) < 4.78 is 12.8. The van der Waals surface area contributed by atoms with Crippen molar-refractivity contribution in [1.82, 2.24) is 15.5 Å². The Balaban J connectivity index is 2.47. The van der Waals surface area contributed by atoms with Crippen LogP contribution < -0.4 is 10.6 Å². The minimum Gasteiger partial charge on any atom is -0.480 e. The second-order valence-electron chi connectivity index (χ2n) is 5.95. The molecule has 0 radical (unpaired) electrons. The first-order valence-corrected chi connectivity index (χ1v) is 8.53. The standard InChI is InChI=1S/C18H24FN3O5/c1-12(18(26)27)22(11-10-20-13(2)23)16(24)4-3-9-21-17(25)14-5-7-15(19)8-6-14/h5-8,12H,3-4,9-11H2,1-2H3,(H,20,23)(H,21,25)(H,26,27). The van der Waals surface area contributed by atoms with Crippen LogP contribution in [-0.2, 0) is 14.4 Å². The number of hydrogen-bond donors (Lipinski definition) is 3. The Bertz CT molecular complexity index is 678. The highest BCUT2D eigenvalue weighted by Crippen LogP contribution is 2.05. The van der Waals surface area contributed by atoms with E-state index in [1.807, 2.05) is 0 Å². The van der Waals surface area contributed by atoms with Crippen molar-refractivity contribution >= 4 is 23.7 Å². The Labute approximate surface area is 156 Å². The summed E-state index contributed by atoms with van der Waals surface area (Å²) in [5.41, 5.74) is 0.305. The first-order valence-electron chi connectivity index (χ1n) is 8.53. The number of nitrogens with one attached hydrogen (secondary N) is 2. The van der Waals surface area contributed by atoms with Crippen LogP contribution in [0, 0.1) is 5.82 Å². The molecule has 0 saturated heterocycles. The first kappa shape index (κ1) is 22.1. The number of rotatable bonds is 10. The van der Waals surface area contributed by atoms with E-state index in [1.54, 1.807) is 0 Å². The first-order chi connectivity index (χ1) is 12.7. The van der Waals surface area contributed by atoms with Crippen LogP contribution in [0.25, 0.3) is 0 Å². The summed E-state index contributed by atoms with van der Waals surface area (Å²) >= 11 is 0. The van der Waals surface area contributed by atoms with Crippen LogP contribution >= 0.6 is 0 Å². The second-order valence-corrected chi connectivity index (χ2v) is 5.95. The molecule has 0 bridgehead atoms. The maximum atomic E-state index is 12.8. The molecule has 0 spiro atoms. The van der Waals surface area contributed by atoms with Gasteiger partial charge >= 0.3 is 5.97 Å². The third-order valence-electron chi connectivity index (χ3n) is 3.83. The summed E-state index contributed by atoms with van der Waals surface area (Å²) in [4.78, 5) is 47.5. The summed E-state index contributed by atoms with van der Waals surface area (Å²) in [6.45, 7) is 3.16. The van der Waals surface area contributed by atoms with E-state index in [9.17, 15) is 23.6 Å². The van der Waals surface area contributed by atoms with Crippen LogP contribution in [0.15, 0.2) is 24.3 Å². The van der Waals surface area contributed by atoms with Crippen LogP contribution in [0.5, 0.6) is 0 Å². The zero-order valence-electron chi connectivity index (χ0n) is 15.3. The third-order valence-corrected chi connectivity index (χ3v) is 3.83. The van der Waals surface area contributed by atoms with Gasteiger partial charge in [-0.2, -0.15) is 0 Å². The van der Waals surface area contributed by atoms with Crippen molar-refractivity contribution in [2.75, 3.05) is 19.6 Å². The van der Waals surface area contributed by atoms with Crippen molar-refractivity contribution < 1.29 is 28.7 Å².